The van der Waals surface area contributed by atoms with Crippen LogP contribution in [0.15, 0.2) is 67.0 Å². The minimum atomic E-state index is -0.0646. The topological polar surface area (TPSA) is 64.1 Å². The molecule has 0 aliphatic rings. The van der Waals surface area contributed by atoms with E-state index in [1.807, 2.05) is 48.5 Å². The zero-order valence-electron chi connectivity index (χ0n) is 14.7. The lowest BCUT2D eigenvalue weighted by atomic mass is 10.1. The molecule has 26 heavy (non-hydrogen) atoms. The van der Waals surface area contributed by atoms with Crippen LogP contribution >= 0.6 is 0 Å². The van der Waals surface area contributed by atoms with E-state index in [1.165, 1.54) is 0 Å². The Morgan fingerprint density at radius 1 is 1.00 bits per heavy atom. The Kier molecular flexibility index (Phi) is 5.93. The zero-order valence-corrected chi connectivity index (χ0v) is 14.7. The molecule has 1 amide bonds. The molecule has 0 bridgehead atoms. The van der Waals surface area contributed by atoms with Crippen molar-refractivity contribution in [2.75, 3.05) is 6.54 Å². The number of nitrogens with zero attached hydrogens (tertiary/aromatic N) is 2. The summed E-state index contributed by atoms with van der Waals surface area (Å²) in [5.74, 6) is 0.622. The lowest BCUT2D eigenvalue weighted by Gasteiger charge is -2.07. The molecule has 0 aliphatic carbocycles. The predicted molar refractivity (Wildman–Crippen MR) is 101 cm³/mol. The molecule has 0 atom stereocenters. The van der Waals surface area contributed by atoms with Gasteiger partial charge in [-0.1, -0.05) is 43.7 Å². The molecule has 0 aliphatic heterocycles. The summed E-state index contributed by atoms with van der Waals surface area (Å²) in [5.41, 5.74) is 2.34. The second-order valence-electron chi connectivity index (χ2n) is 5.86. The number of carbonyl (C=O) groups is 1. The fourth-order valence-corrected chi connectivity index (χ4v) is 2.43. The van der Waals surface area contributed by atoms with Crippen molar-refractivity contribution in [2.24, 2.45) is 0 Å². The summed E-state index contributed by atoms with van der Waals surface area (Å²) in [6, 6.07) is 17.1. The van der Waals surface area contributed by atoms with Gasteiger partial charge in [-0.05, 0) is 36.2 Å². The maximum atomic E-state index is 12.2. The van der Waals surface area contributed by atoms with Gasteiger partial charge in [-0.15, -0.1) is 0 Å². The minimum Gasteiger partial charge on any atom is -0.424 e. The van der Waals surface area contributed by atoms with E-state index in [-0.39, 0.29) is 11.9 Å². The molecule has 0 fully saturated rings. The number of para-hydroxylation sites is 1. The molecule has 1 aromatic heterocycles. The first-order chi connectivity index (χ1) is 12.8. The van der Waals surface area contributed by atoms with Gasteiger partial charge in [-0.25, -0.2) is 9.97 Å². The van der Waals surface area contributed by atoms with Crippen LogP contribution in [0.4, 0.5) is 0 Å². The third kappa shape index (κ3) is 4.66. The van der Waals surface area contributed by atoms with Gasteiger partial charge in [0.15, 0.2) is 0 Å². The van der Waals surface area contributed by atoms with E-state index in [4.69, 9.17) is 4.74 Å². The van der Waals surface area contributed by atoms with Crippen LogP contribution in [0.1, 0.15) is 30.1 Å². The van der Waals surface area contributed by atoms with Crippen LogP contribution in [-0.2, 0) is 0 Å². The van der Waals surface area contributed by atoms with Crippen LogP contribution in [0, 0.1) is 0 Å². The summed E-state index contributed by atoms with van der Waals surface area (Å²) < 4.78 is 5.60. The summed E-state index contributed by atoms with van der Waals surface area (Å²) in [5, 5.41) is 2.92. The standard InChI is InChI=1S/C21H21N3O2/c1-2-3-12-22-20(25)17-9-7-8-16(13-17)18-14-23-21(24-15-18)26-19-10-5-4-6-11-19/h4-11,13-15H,2-3,12H2,1H3,(H,22,25). The number of unbranched alkanes of at least 4 members (excludes halogenated alkanes) is 1. The first kappa shape index (κ1) is 17.6. The van der Waals surface area contributed by atoms with Crippen molar-refractivity contribution < 1.29 is 9.53 Å². The van der Waals surface area contributed by atoms with Gasteiger partial charge in [0.05, 0.1) is 0 Å². The normalized spacial score (nSPS) is 10.3. The Morgan fingerprint density at radius 2 is 1.77 bits per heavy atom. The molecule has 0 saturated carbocycles. The molecule has 3 rings (SSSR count). The number of hydrogen-bond donors (Lipinski definition) is 1. The Morgan fingerprint density at radius 3 is 2.50 bits per heavy atom. The number of ether oxygens (including phenoxy) is 1. The first-order valence-electron chi connectivity index (χ1n) is 8.70. The maximum Gasteiger partial charge on any atom is 0.321 e. The smallest absolute Gasteiger partial charge is 0.321 e. The van der Waals surface area contributed by atoms with E-state index >= 15 is 0 Å². The van der Waals surface area contributed by atoms with Gasteiger partial charge < -0.3 is 10.1 Å². The van der Waals surface area contributed by atoms with Gasteiger partial charge in [0.1, 0.15) is 5.75 Å². The first-order valence-corrected chi connectivity index (χ1v) is 8.70. The second kappa shape index (κ2) is 8.76. The largest absolute Gasteiger partial charge is 0.424 e. The fourth-order valence-electron chi connectivity index (χ4n) is 2.43. The summed E-state index contributed by atoms with van der Waals surface area (Å²) in [6.45, 7) is 2.78. The van der Waals surface area contributed by atoms with E-state index in [9.17, 15) is 4.79 Å². The second-order valence-corrected chi connectivity index (χ2v) is 5.86. The number of amides is 1. The van der Waals surface area contributed by atoms with Crippen molar-refractivity contribution in [1.29, 1.82) is 0 Å². The average Bonchev–Trinajstić information content (AvgIpc) is 2.69. The molecule has 3 aromatic rings. The highest BCUT2D eigenvalue weighted by molar-refractivity contribution is 5.95. The molecule has 5 heteroatoms. The van der Waals surface area contributed by atoms with Crippen molar-refractivity contribution in [3.63, 3.8) is 0 Å². The molecular formula is C21H21N3O2. The van der Waals surface area contributed by atoms with Crippen LogP contribution < -0.4 is 10.1 Å². The number of benzene rings is 2. The SMILES string of the molecule is CCCCNC(=O)c1cccc(-c2cnc(Oc3ccccc3)nc2)c1. The monoisotopic (exact) mass is 347 g/mol. The molecule has 2 aromatic carbocycles. The number of nitrogens with one attached hydrogen (secondary N) is 1. The van der Waals surface area contributed by atoms with Crippen LogP contribution in [0.3, 0.4) is 0 Å². The van der Waals surface area contributed by atoms with Crippen LogP contribution in [0.25, 0.3) is 11.1 Å². The lowest BCUT2D eigenvalue weighted by molar-refractivity contribution is 0.0953. The Labute approximate surface area is 153 Å². The maximum absolute atomic E-state index is 12.2. The molecule has 0 spiro atoms. The van der Waals surface area contributed by atoms with Crippen LogP contribution in [-0.4, -0.2) is 22.4 Å². The quantitative estimate of drug-likeness (QED) is 0.641. The molecule has 132 valence electrons. The zero-order chi connectivity index (χ0) is 18.2. The van der Waals surface area contributed by atoms with Crippen molar-refractivity contribution in [3.05, 3.63) is 72.6 Å². The Bertz CT molecular complexity index is 849. The predicted octanol–water partition coefficient (Wildman–Crippen LogP) is 4.47. The summed E-state index contributed by atoms with van der Waals surface area (Å²) >= 11 is 0. The number of rotatable bonds is 7. The van der Waals surface area contributed by atoms with E-state index in [1.54, 1.807) is 18.5 Å². The third-order valence-corrected chi connectivity index (χ3v) is 3.85. The van der Waals surface area contributed by atoms with Gasteiger partial charge in [0.25, 0.3) is 5.91 Å². The van der Waals surface area contributed by atoms with Crippen molar-refractivity contribution in [2.45, 2.75) is 19.8 Å². The van der Waals surface area contributed by atoms with E-state index < -0.39 is 0 Å². The molecule has 0 unspecified atom stereocenters. The number of aromatic nitrogens is 2. The van der Waals surface area contributed by atoms with E-state index in [0.29, 0.717) is 17.9 Å². The number of carbonyl (C=O) groups excluding carboxylic acids is 1. The van der Waals surface area contributed by atoms with Gasteiger partial charge in [-0.2, -0.15) is 0 Å². The van der Waals surface area contributed by atoms with Gasteiger partial charge >= 0.3 is 6.01 Å². The highest BCUT2D eigenvalue weighted by Gasteiger charge is 2.08. The van der Waals surface area contributed by atoms with Gasteiger partial charge in [-0.3, -0.25) is 4.79 Å². The summed E-state index contributed by atoms with van der Waals surface area (Å²) in [6.07, 6.45) is 5.41. The van der Waals surface area contributed by atoms with Crippen LogP contribution in [0.5, 0.6) is 11.8 Å². The molecule has 0 saturated heterocycles. The lowest BCUT2D eigenvalue weighted by Crippen LogP contribution is -2.24. The van der Waals surface area contributed by atoms with Gasteiger partial charge in [0.2, 0.25) is 0 Å². The minimum absolute atomic E-state index is 0.0646. The highest BCUT2D eigenvalue weighted by Crippen LogP contribution is 2.22. The summed E-state index contributed by atoms with van der Waals surface area (Å²) in [7, 11) is 0. The van der Waals surface area contributed by atoms with Gasteiger partial charge in [0, 0.05) is 30.1 Å². The Hall–Kier alpha value is -3.21. The Balaban J connectivity index is 1.71. The molecular weight excluding hydrogens is 326 g/mol. The van der Waals surface area contributed by atoms with E-state index in [0.717, 1.165) is 24.0 Å². The van der Waals surface area contributed by atoms with Crippen molar-refractivity contribution in [3.8, 4) is 22.9 Å². The third-order valence-electron chi connectivity index (χ3n) is 3.85. The van der Waals surface area contributed by atoms with Crippen LogP contribution in [0.2, 0.25) is 0 Å². The van der Waals surface area contributed by atoms with Crippen molar-refractivity contribution >= 4 is 5.91 Å². The highest BCUT2D eigenvalue weighted by atomic mass is 16.5. The molecule has 1 heterocycles. The summed E-state index contributed by atoms with van der Waals surface area (Å²) in [4.78, 5) is 20.7. The molecule has 0 radical (unpaired) electrons. The van der Waals surface area contributed by atoms with Crippen molar-refractivity contribution in [1.82, 2.24) is 15.3 Å². The molecule has 1 N–H and O–H groups in total. The fraction of sp³-hybridized carbons (Fsp3) is 0.190. The van der Waals surface area contributed by atoms with E-state index in [2.05, 4.69) is 22.2 Å². The number of hydrogen-bond acceptors (Lipinski definition) is 4. The average molecular weight is 347 g/mol. The molecule has 5 nitrogen and oxygen atoms in total.